The fraction of sp³-hybridized carbons (Fsp3) is 0.391. The Morgan fingerprint density at radius 3 is 2.21 bits per heavy atom. The number of carbonyl (C=O) groups excluding carboxylic acids is 2. The molecule has 0 bridgehead atoms. The van der Waals surface area contributed by atoms with Gasteiger partial charge in [-0.15, -0.1) is 0 Å². The Morgan fingerprint density at radius 1 is 1.00 bits per heavy atom. The second-order valence-corrected chi connectivity index (χ2v) is 8.88. The molecule has 0 aliphatic heterocycles. The lowest BCUT2D eigenvalue weighted by Crippen LogP contribution is -2.54. The molecule has 0 aromatic heterocycles. The van der Waals surface area contributed by atoms with Crippen molar-refractivity contribution in [1.82, 2.24) is 10.2 Å². The fourth-order valence-corrected chi connectivity index (χ4v) is 3.37. The maximum absolute atomic E-state index is 13.2. The van der Waals surface area contributed by atoms with Gasteiger partial charge >= 0.3 is 0 Å². The number of rotatable bonds is 7. The molecule has 2 aromatic carbocycles. The van der Waals surface area contributed by atoms with Crippen LogP contribution in [0.25, 0.3) is 0 Å². The predicted molar refractivity (Wildman–Crippen MR) is 119 cm³/mol. The molecule has 0 fully saturated rings. The highest BCUT2D eigenvalue weighted by Gasteiger charge is 2.31. The van der Waals surface area contributed by atoms with Crippen LogP contribution in [0, 0.1) is 0 Å². The van der Waals surface area contributed by atoms with Crippen LogP contribution in [0.5, 0.6) is 0 Å². The SMILES string of the molecule is CCC(=O)N(Cc1ccc(Cl)c(Cl)c1)[C@H](Cc1ccccc1)C(=O)NC(C)(C)C. The lowest BCUT2D eigenvalue weighted by molar-refractivity contribution is -0.141. The van der Waals surface area contributed by atoms with Gasteiger partial charge in [0.1, 0.15) is 6.04 Å². The Hall–Kier alpha value is -2.04. The topological polar surface area (TPSA) is 49.4 Å². The number of amides is 2. The minimum Gasteiger partial charge on any atom is -0.350 e. The largest absolute Gasteiger partial charge is 0.350 e. The van der Waals surface area contributed by atoms with Crippen LogP contribution < -0.4 is 5.32 Å². The number of nitrogens with zero attached hydrogens (tertiary/aromatic N) is 1. The molecule has 0 unspecified atom stereocenters. The summed E-state index contributed by atoms with van der Waals surface area (Å²) in [7, 11) is 0. The third-order valence-electron chi connectivity index (χ3n) is 4.41. The van der Waals surface area contributed by atoms with Gasteiger partial charge in [-0.3, -0.25) is 9.59 Å². The summed E-state index contributed by atoms with van der Waals surface area (Å²) in [5.41, 5.74) is 1.41. The summed E-state index contributed by atoms with van der Waals surface area (Å²) >= 11 is 12.2. The molecule has 0 aliphatic rings. The molecule has 1 atom stereocenters. The molecule has 2 amide bonds. The maximum atomic E-state index is 13.2. The van der Waals surface area contributed by atoms with Crippen LogP contribution in [0.3, 0.4) is 0 Å². The number of hydrogen-bond acceptors (Lipinski definition) is 2. The number of carbonyl (C=O) groups is 2. The van der Waals surface area contributed by atoms with E-state index in [9.17, 15) is 9.59 Å². The number of halogens is 2. The van der Waals surface area contributed by atoms with Crippen molar-refractivity contribution in [3.63, 3.8) is 0 Å². The molecule has 0 aliphatic carbocycles. The van der Waals surface area contributed by atoms with Gasteiger partial charge in [0.25, 0.3) is 0 Å². The van der Waals surface area contributed by atoms with Crippen LogP contribution in [-0.4, -0.2) is 28.3 Å². The van der Waals surface area contributed by atoms with E-state index in [1.807, 2.05) is 57.2 Å². The quantitative estimate of drug-likeness (QED) is 0.645. The van der Waals surface area contributed by atoms with Gasteiger partial charge in [-0.1, -0.05) is 66.5 Å². The Bertz CT molecular complexity index is 848. The molecule has 29 heavy (non-hydrogen) atoms. The maximum Gasteiger partial charge on any atom is 0.243 e. The normalized spacial score (nSPS) is 12.3. The van der Waals surface area contributed by atoms with Gasteiger partial charge < -0.3 is 10.2 Å². The molecule has 0 radical (unpaired) electrons. The van der Waals surface area contributed by atoms with Crippen molar-refractivity contribution in [2.24, 2.45) is 0 Å². The van der Waals surface area contributed by atoms with E-state index in [0.29, 0.717) is 22.9 Å². The van der Waals surface area contributed by atoms with Gasteiger partial charge in [-0.05, 0) is 44.0 Å². The molecular weight excluding hydrogens is 407 g/mol. The number of hydrogen-bond donors (Lipinski definition) is 1. The smallest absolute Gasteiger partial charge is 0.243 e. The van der Waals surface area contributed by atoms with Crippen molar-refractivity contribution in [1.29, 1.82) is 0 Å². The monoisotopic (exact) mass is 434 g/mol. The van der Waals surface area contributed by atoms with Crippen molar-refractivity contribution in [2.45, 2.75) is 58.7 Å². The lowest BCUT2D eigenvalue weighted by Gasteiger charge is -2.33. The number of nitrogens with one attached hydrogen (secondary N) is 1. The fourth-order valence-electron chi connectivity index (χ4n) is 3.04. The first kappa shape index (κ1) is 23.2. The summed E-state index contributed by atoms with van der Waals surface area (Å²) in [6.45, 7) is 7.85. The van der Waals surface area contributed by atoms with Crippen molar-refractivity contribution in [3.05, 3.63) is 69.7 Å². The molecule has 156 valence electrons. The van der Waals surface area contributed by atoms with Gasteiger partial charge in [0.2, 0.25) is 11.8 Å². The second kappa shape index (κ2) is 10.1. The van der Waals surface area contributed by atoms with Gasteiger partial charge in [-0.25, -0.2) is 0 Å². The zero-order valence-corrected chi connectivity index (χ0v) is 18.8. The molecule has 6 heteroatoms. The molecule has 0 heterocycles. The van der Waals surface area contributed by atoms with Gasteiger partial charge in [0.05, 0.1) is 10.0 Å². The van der Waals surface area contributed by atoms with E-state index in [1.165, 1.54) is 0 Å². The minimum absolute atomic E-state index is 0.0962. The molecular formula is C23H28Cl2N2O2. The highest BCUT2D eigenvalue weighted by molar-refractivity contribution is 6.42. The van der Waals surface area contributed by atoms with E-state index in [2.05, 4.69) is 5.32 Å². The molecule has 4 nitrogen and oxygen atoms in total. The van der Waals surface area contributed by atoms with Gasteiger partial charge in [0, 0.05) is 24.9 Å². The summed E-state index contributed by atoms with van der Waals surface area (Å²) in [5.74, 6) is -0.274. The van der Waals surface area contributed by atoms with E-state index in [4.69, 9.17) is 23.2 Å². The standard InChI is InChI=1S/C23H28Cl2N2O2/c1-5-21(28)27(15-17-11-12-18(24)19(25)13-17)20(22(29)26-23(2,3)4)14-16-9-7-6-8-10-16/h6-13,20H,5,14-15H2,1-4H3,(H,26,29)/t20-/m1/s1. The summed E-state index contributed by atoms with van der Waals surface area (Å²) in [6.07, 6.45) is 0.727. The molecule has 1 N–H and O–H groups in total. The van der Waals surface area contributed by atoms with E-state index >= 15 is 0 Å². The van der Waals surface area contributed by atoms with Crippen LogP contribution in [0.1, 0.15) is 45.2 Å². The summed E-state index contributed by atoms with van der Waals surface area (Å²) < 4.78 is 0. The van der Waals surface area contributed by atoms with Crippen LogP contribution in [0.15, 0.2) is 48.5 Å². The Kier molecular flexibility index (Phi) is 8.12. The first-order valence-corrected chi connectivity index (χ1v) is 10.5. The average molecular weight is 435 g/mol. The average Bonchev–Trinajstić information content (AvgIpc) is 2.66. The molecule has 2 rings (SSSR count). The summed E-state index contributed by atoms with van der Waals surface area (Å²) in [6, 6.07) is 14.3. The van der Waals surface area contributed by atoms with Gasteiger partial charge in [-0.2, -0.15) is 0 Å². The van der Waals surface area contributed by atoms with Crippen LogP contribution in [0.2, 0.25) is 10.0 Å². The zero-order valence-electron chi connectivity index (χ0n) is 17.3. The van der Waals surface area contributed by atoms with Crippen LogP contribution in [0.4, 0.5) is 0 Å². The van der Waals surface area contributed by atoms with Crippen molar-refractivity contribution < 1.29 is 9.59 Å². The summed E-state index contributed by atoms with van der Waals surface area (Å²) in [5, 5.41) is 3.90. The van der Waals surface area contributed by atoms with Crippen LogP contribution in [-0.2, 0) is 22.6 Å². The molecule has 0 saturated heterocycles. The van der Waals surface area contributed by atoms with Crippen LogP contribution >= 0.6 is 23.2 Å². The van der Waals surface area contributed by atoms with E-state index in [0.717, 1.165) is 11.1 Å². The molecule has 2 aromatic rings. The predicted octanol–water partition coefficient (Wildman–Crippen LogP) is 5.26. The van der Waals surface area contributed by atoms with Crippen molar-refractivity contribution in [3.8, 4) is 0 Å². The zero-order chi connectivity index (χ0) is 21.6. The Labute approximate surface area is 183 Å². The molecule has 0 spiro atoms. The minimum atomic E-state index is -0.640. The number of benzene rings is 2. The Morgan fingerprint density at radius 2 is 1.66 bits per heavy atom. The lowest BCUT2D eigenvalue weighted by atomic mass is 10.0. The second-order valence-electron chi connectivity index (χ2n) is 8.07. The van der Waals surface area contributed by atoms with Gasteiger partial charge in [0.15, 0.2) is 0 Å². The summed E-state index contributed by atoms with van der Waals surface area (Å²) in [4.78, 5) is 27.7. The molecule has 0 saturated carbocycles. The third-order valence-corrected chi connectivity index (χ3v) is 5.15. The first-order valence-electron chi connectivity index (χ1n) is 9.70. The van der Waals surface area contributed by atoms with Crippen molar-refractivity contribution >= 4 is 35.0 Å². The van der Waals surface area contributed by atoms with E-state index < -0.39 is 11.6 Å². The van der Waals surface area contributed by atoms with Crippen molar-refractivity contribution in [2.75, 3.05) is 0 Å². The van der Waals surface area contributed by atoms with E-state index in [1.54, 1.807) is 24.0 Å². The highest BCUT2D eigenvalue weighted by Crippen LogP contribution is 2.24. The van der Waals surface area contributed by atoms with E-state index in [-0.39, 0.29) is 18.4 Å². The Balaban J connectivity index is 2.40. The first-order chi connectivity index (χ1) is 13.6. The highest BCUT2D eigenvalue weighted by atomic mass is 35.5. The third kappa shape index (κ3) is 7.06.